The van der Waals surface area contributed by atoms with Gasteiger partial charge in [0.1, 0.15) is 12.4 Å². The van der Waals surface area contributed by atoms with Crippen molar-refractivity contribution in [3.63, 3.8) is 0 Å². The Morgan fingerprint density at radius 3 is 2.50 bits per heavy atom. The summed E-state index contributed by atoms with van der Waals surface area (Å²) in [6, 6.07) is 6.17. The lowest BCUT2D eigenvalue weighted by atomic mass is 10.1. The first-order chi connectivity index (χ1) is 9.54. The molecule has 1 unspecified atom stereocenters. The van der Waals surface area contributed by atoms with Crippen LogP contribution in [0.15, 0.2) is 18.2 Å². The summed E-state index contributed by atoms with van der Waals surface area (Å²) in [6.45, 7) is 8.37. The second-order valence-electron chi connectivity index (χ2n) is 5.34. The number of hydrogen-bond acceptors (Lipinski definition) is 3. The highest BCUT2D eigenvalue weighted by atomic mass is 35.5. The molecule has 0 bridgehead atoms. The van der Waals surface area contributed by atoms with Gasteiger partial charge < -0.3 is 14.8 Å². The molecule has 0 amide bonds. The van der Waals surface area contributed by atoms with Gasteiger partial charge >= 0.3 is 0 Å². The normalized spacial score (nSPS) is 12.7. The molecule has 0 aliphatic carbocycles. The summed E-state index contributed by atoms with van der Waals surface area (Å²) < 4.78 is 11.1. The van der Waals surface area contributed by atoms with Crippen LogP contribution in [0.5, 0.6) is 5.75 Å². The zero-order chi connectivity index (χ0) is 15.0. The topological polar surface area (TPSA) is 30.5 Å². The van der Waals surface area contributed by atoms with Crippen molar-refractivity contribution in [1.82, 2.24) is 5.32 Å². The molecule has 0 saturated heterocycles. The third-order valence-electron chi connectivity index (χ3n) is 3.21. The molecule has 1 atom stereocenters. The second kappa shape index (κ2) is 9.22. The Morgan fingerprint density at radius 2 is 1.90 bits per heavy atom. The van der Waals surface area contributed by atoms with E-state index in [-0.39, 0.29) is 6.04 Å². The number of benzene rings is 1. The Labute approximate surface area is 127 Å². The summed E-state index contributed by atoms with van der Waals surface area (Å²) in [5, 5.41) is 3.83. The first kappa shape index (κ1) is 17.3. The van der Waals surface area contributed by atoms with Gasteiger partial charge in [-0.2, -0.15) is 0 Å². The lowest BCUT2D eigenvalue weighted by molar-refractivity contribution is 0.0926. The van der Waals surface area contributed by atoms with E-state index in [1.807, 2.05) is 25.2 Å². The van der Waals surface area contributed by atoms with Crippen LogP contribution < -0.4 is 10.1 Å². The summed E-state index contributed by atoms with van der Waals surface area (Å²) in [4.78, 5) is 0. The molecule has 1 rings (SSSR count). The maximum Gasteiger partial charge on any atom is 0.138 e. The largest absolute Gasteiger partial charge is 0.490 e. The summed E-state index contributed by atoms with van der Waals surface area (Å²) in [6.07, 6.45) is 1.08. The zero-order valence-corrected chi connectivity index (χ0v) is 13.7. The van der Waals surface area contributed by atoms with Crippen molar-refractivity contribution in [2.45, 2.75) is 33.2 Å². The molecule has 0 fully saturated rings. The Kier molecular flexibility index (Phi) is 7.97. The van der Waals surface area contributed by atoms with Crippen molar-refractivity contribution in [3.05, 3.63) is 28.8 Å². The van der Waals surface area contributed by atoms with Crippen LogP contribution in [0.3, 0.4) is 0 Å². The SMILES string of the molecule is CNC(C)c1ccc(OCCOCCC(C)C)c(Cl)c1. The van der Waals surface area contributed by atoms with Crippen molar-refractivity contribution in [3.8, 4) is 5.75 Å². The van der Waals surface area contributed by atoms with Gasteiger partial charge in [-0.05, 0) is 44.0 Å². The van der Waals surface area contributed by atoms with Crippen molar-refractivity contribution in [2.24, 2.45) is 5.92 Å². The van der Waals surface area contributed by atoms with Gasteiger partial charge in [0.15, 0.2) is 0 Å². The fourth-order valence-electron chi connectivity index (χ4n) is 1.70. The number of nitrogens with one attached hydrogen (secondary N) is 1. The van der Waals surface area contributed by atoms with E-state index in [1.54, 1.807) is 0 Å². The second-order valence-corrected chi connectivity index (χ2v) is 5.75. The summed E-state index contributed by atoms with van der Waals surface area (Å²) in [7, 11) is 1.93. The quantitative estimate of drug-likeness (QED) is 0.698. The summed E-state index contributed by atoms with van der Waals surface area (Å²) >= 11 is 6.22. The van der Waals surface area contributed by atoms with Gasteiger partial charge in [0.2, 0.25) is 0 Å². The summed E-state index contributed by atoms with van der Waals surface area (Å²) in [5.74, 6) is 1.39. The summed E-state index contributed by atoms with van der Waals surface area (Å²) in [5.41, 5.74) is 1.15. The van der Waals surface area contributed by atoms with Gasteiger partial charge in [0.25, 0.3) is 0 Å². The monoisotopic (exact) mass is 299 g/mol. The first-order valence-electron chi connectivity index (χ1n) is 7.21. The Morgan fingerprint density at radius 1 is 1.15 bits per heavy atom. The van der Waals surface area contributed by atoms with Crippen LogP contribution in [0.4, 0.5) is 0 Å². The molecule has 0 aliphatic rings. The predicted molar refractivity (Wildman–Crippen MR) is 84.7 cm³/mol. The van der Waals surface area contributed by atoms with Gasteiger partial charge in [-0.3, -0.25) is 0 Å². The van der Waals surface area contributed by atoms with Crippen molar-refractivity contribution < 1.29 is 9.47 Å². The molecule has 4 heteroatoms. The molecule has 0 spiro atoms. The molecular weight excluding hydrogens is 274 g/mol. The minimum Gasteiger partial charge on any atom is -0.490 e. The lowest BCUT2D eigenvalue weighted by Crippen LogP contribution is -2.12. The van der Waals surface area contributed by atoms with Gasteiger partial charge in [0, 0.05) is 12.6 Å². The smallest absolute Gasteiger partial charge is 0.138 e. The Hall–Kier alpha value is -0.770. The maximum absolute atomic E-state index is 6.22. The van der Waals surface area contributed by atoms with E-state index in [2.05, 4.69) is 26.1 Å². The minimum atomic E-state index is 0.279. The molecule has 1 N–H and O–H groups in total. The van der Waals surface area contributed by atoms with E-state index in [0.29, 0.717) is 29.9 Å². The van der Waals surface area contributed by atoms with E-state index in [0.717, 1.165) is 18.6 Å². The number of ether oxygens (including phenoxy) is 2. The molecule has 114 valence electrons. The maximum atomic E-state index is 6.22. The van der Waals surface area contributed by atoms with Crippen LogP contribution in [-0.2, 0) is 4.74 Å². The van der Waals surface area contributed by atoms with Crippen LogP contribution in [0.1, 0.15) is 38.8 Å². The standard InChI is InChI=1S/C16H26ClNO2/c1-12(2)7-8-19-9-10-20-16-6-5-14(11-15(16)17)13(3)18-4/h5-6,11-13,18H,7-10H2,1-4H3. The van der Waals surface area contributed by atoms with E-state index in [1.165, 1.54) is 0 Å². The third-order valence-corrected chi connectivity index (χ3v) is 3.51. The average Bonchev–Trinajstić information content (AvgIpc) is 2.42. The van der Waals surface area contributed by atoms with E-state index < -0.39 is 0 Å². The highest BCUT2D eigenvalue weighted by Crippen LogP contribution is 2.27. The van der Waals surface area contributed by atoms with Gasteiger partial charge in [-0.25, -0.2) is 0 Å². The lowest BCUT2D eigenvalue weighted by Gasteiger charge is -2.13. The van der Waals surface area contributed by atoms with Crippen molar-refractivity contribution >= 4 is 11.6 Å². The van der Waals surface area contributed by atoms with Crippen LogP contribution in [-0.4, -0.2) is 26.9 Å². The first-order valence-corrected chi connectivity index (χ1v) is 7.59. The molecule has 0 saturated carbocycles. The van der Waals surface area contributed by atoms with Gasteiger partial charge in [-0.1, -0.05) is 31.5 Å². The predicted octanol–water partition coefficient (Wildman–Crippen LogP) is 4.06. The van der Waals surface area contributed by atoms with Crippen LogP contribution >= 0.6 is 11.6 Å². The minimum absolute atomic E-state index is 0.279. The molecule has 1 aromatic carbocycles. The van der Waals surface area contributed by atoms with E-state index in [4.69, 9.17) is 21.1 Å². The average molecular weight is 300 g/mol. The molecule has 20 heavy (non-hydrogen) atoms. The number of halogens is 1. The fourth-order valence-corrected chi connectivity index (χ4v) is 1.95. The molecule has 0 radical (unpaired) electrons. The van der Waals surface area contributed by atoms with Gasteiger partial charge in [-0.15, -0.1) is 0 Å². The van der Waals surface area contributed by atoms with E-state index in [9.17, 15) is 0 Å². The number of hydrogen-bond donors (Lipinski definition) is 1. The molecule has 3 nitrogen and oxygen atoms in total. The zero-order valence-electron chi connectivity index (χ0n) is 12.9. The van der Waals surface area contributed by atoms with Crippen LogP contribution in [0.25, 0.3) is 0 Å². The highest BCUT2D eigenvalue weighted by Gasteiger charge is 2.07. The molecule has 0 aliphatic heterocycles. The molecule has 0 aromatic heterocycles. The highest BCUT2D eigenvalue weighted by molar-refractivity contribution is 6.32. The van der Waals surface area contributed by atoms with Crippen molar-refractivity contribution in [2.75, 3.05) is 26.9 Å². The van der Waals surface area contributed by atoms with Gasteiger partial charge in [0.05, 0.1) is 11.6 Å². The van der Waals surface area contributed by atoms with E-state index >= 15 is 0 Å². The van der Waals surface area contributed by atoms with Crippen LogP contribution in [0, 0.1) is 5.92 Å². The third kappa shape index (κ3) is 6.12. The molecular formula is C16H26ClNO2. The number of rotatable bonds is 9. The Bertz CT molecular complexity index is 396. The fraction of sp³-hybridized carbons (Fsp3) is 0.625. The van der Waals surface area contributed by atoms with Crippen molar-refractivity contribution in [1.29, 1.82) is 0 Å². The van der Waals surface area contributed by atoms with Crippen LogP contribution in [0.2, 0.25) is 5.02 Å². The Balaban J connectivity index is 2.34. The molecule has 0 heterocycles. The molecule has 1 aromatic rings.